The third-order valence-corrected chi connectivity index (χ3v) is 12.6. The van der Waals surface area contributed by atoms with E-state index in [1.165, 1.54) is 11.3 Å². The molecule has 11 nitrogen and oxygen atoms in total. The van der Waals surface area contributed by atoms with E-state index in [0.29, 0.717) is 21.8 Å². The number of alkyl halides is 1. The summed E-state index contributed by atoms with van der Waals surface area (Å²) in [6.45, 7) is 0. The normalized spacial score (nSPS) is 15.7. The third-order valence-electron chi connectivity index (χ3n) is 10.6. The first kappa shape index (κ1) is 41.1. The Morgan fingerprint density at radius 1 is 0.705 bits per heavy atom. The van der Waals surface area contributed by atoms with Crippen molar-refractivity contribution in [3.8, 4) is 0 Å². The number of oxime groups is 1. The largest absolute Gasteiger partial charge is 0.374 e. The van der Waals surface area contributed by atoms with E-state index in [1.54, 1.807) is 5.38 Å². The number of thiazole rings is 1. The topological polar surface area (TPSA) is 150 Å². The SMILES string of the molecule is O=C(NC1C(=O)N(S(=O)(=O)O)C1CCl)C(=NOC(c1ccccc1)(c1ccccc1)c1ccccc1)c1csc(NC(c2ccccc2)(c2ccccc2)c2ccccc2)n1. The summed E-state index contributed by atoms with van der Waals surface area (Å²) in [5, 5.41) is 13.0. The second-order valence-electron chi connectivity index (χ2n) is 14.1. The summed E-state index contributed by atoms with van der Waals surface area (Å²) in [5.74, 6) is -2.36. The summed E-state index contributed by atoms with van der Waals surface area (Å²) < 4.78 is 34.1. The van der Waals surface area contributed by atoms with Crippen LogP contribution in [0.3, 0.4) is 0 Å². The molecule has 1 aliphatic rings. The van der Waals surface area contributed by atoms with Gasteiger partial charge >= 0.3 is 10.3 Å². The number of nitrogens with zero attached hydrogens (tertiary/aromatic N) is 3. The van der Waals surface area contributed by atoms with Gasteiger partial charge in [0, 0.05) is 28.0 Å². The first-order chi connectivity index (χ1) is 29.7. The minimum atomic E-state index is -4.95. The van der Waals surface area contributed by atoms with Crippen molar-refractivity contribution in [1.82, 2.24) is 14.6 Å². The zero-order chi connectivity index (χ0) is 42.5. The van der Waals surface area contributed by atoms with Crippen LogP contribution in [0, 0.1) is 0 Å². The number of benzene rings is 6. The predicted molar refractivity (Wildman–Crippen MR) is 237 cm³/mol. The molecule has 0 saturated carbocycles. The second-order valence-corrected chi connectivity index (χ2v) is 16.6. The van der Waals surface area contributed by atoms with E-state index < -0.39 is 51.2 Å². The molecule has 1 fully saturated rings. The maximum atomic E-state index is 14.6. The molecule has 0 aliphatic carbocycles. The van der Waals surface area contributed by atoms with E-state index in [9.17, 15) is 22.6 Å². The molecule has 7 aromatic rings. The Labute approximate surface area is 362 Å². The van der Waals surface area contributed by atoms with Crippen molar-refractivity contribution < 1.29 is 27.4 Å². The summed E-state index contributed by atoms with van der Waals surface area (Å²) in [4.78, 5) is 39.4. The third kappa shape index (κ3) is 7.91. The van der Waals surface area contributed by atoms with Crippen LogP contribution in [-0.2, 0) is 35.9 Å². The number of amides is 2. The van der Waals surface area contributed by atoms with Crippen molar-refractivity contribution >= 4 is 55.9 Å². The van der Waals surface area contributed by atoms with E-state index in [0.717, 1.165) is 16.7 Å². The van der Waals surface area contributed by atoms with Gasteiger partial charge in [-0.25, -0.2) is 9.29 Å². The fraction of sp³-hybridized carbons (Fsp3) is 0.106. The molecule has 0 radical (unpaired) electrons. The van der Waals surface area contributed by atoms with Crippen LogP contribution >= 0.6 is 22.9 Å². The molecule has 2 heterocycles. The summed E-state index contributed by atoms with van der Waals surface area (Å²) in [5.41, 5.74) is 2.32. The summed E-state index contributed by atoms with van der Waals surface area (Å²) in [7, 11) is -4.95. The van der Waals surface area contributed by atoms with E-state index in [2.05, 4.69) is 15.8 Å². The van der Waals surface area contributed by atoms with E-state index in [-0.39, 0.29) is 15.7 Å². The lowest BCUT2D eigenvalue weighted by atomic mass is 9.77. The van der Waals surface area contributed by atoms with Gasteiger partial charge in [0.05, 0.1) is 6.04 Å². The van der Waals surface area contributed by atoms with Crippen molar-refractivity contribution in [2.24, 2.45) is 5.16 Å². The number of carbonyl (C=O) groups excluding carboxylic acids is 2. The van der Waals surface area contributed by atoms with Gasteiger partial charge in [-0.1, -0.05) is 187 Å². The number of hydrogen-bond donors (Lipinski definition) is 3. The molecule has 8 rings (SSSR count). The maximum Gasteiger partial charge on any atom is 0.362 e. The summed E-state index contributed by atoms with van der Waals surface area (Å²) >= 11 is 7.32. The van der Waals surface area contributed by atoms with Crippen LogP contribution in [0.1, 0.15) is 39.1 Å². The lowest BCUT2D eigenvalue weighted by Crippen LogP contribution is -2.73. The first-order valence-corrected chi connectivity index (χ1v) is 22.0. The van der Waals surface area contributed by atoms with Crippen molar-refractivity contribution in [3.05, 3.63) is 226 Å². The van der Waals surface area contributed by atoms with E-state index >= 15 is 0 Å². The Hall–Kier alpha value is -6.64. The van der Waals surface area contributed by atoms with Gasteiger partial charge < -0.3 is 15.5 Å². The molecule has 14 heteroatoms. The average molecular weight is 868 g/mol. The smallest absolute Gasteiger partial charge is 0.362 e. The van der Waals surface area contributed by atoms with Crippen molar-refractivity contribution in [1.29, 1.82) is 0 Å². The van der Waals surface area contributed by atoms with Crippen LogP contribution in [0.5, 0.6) is 0 Å². The van der Waals surface area contributed by atoms with Gasteiger partial charge in [0.15, 0.2) is 10.8 Å². The van der Waals surface area contributed by atoms with Gasteiger partial charge in [0.1, 0.15) is 17.3 Å². The number of anilines is 1. The van der Waals surface area contributed by atoms with Crippen molar-refractivity contribution in [2.45, 2.75) is 23.2 Å². The van der Waals surface area contributed by atoms with Gasteiger partial charge in [-0.15, -0.1) is 22.9 Å². The molecule has 1 saturated heterocycles. The number of rotatable bonds is 15. The highest BCUT2D eigenvalue weighted by Gasteiger charge is 2.54. The molecular weight excluding hydrogens is 830 g/mol. The zero-order valence-electron chi connectivity index (χ0n) is 32.3. The Morgan fingerprint density at radius 2 is 1.10 bits per heavy atom. The Morgan fingerprint density at radius 3 is 1.48 bits per heavy atom. The molecule has 2 atom stereocenters. The van der Waals surface area contributed by atoms with Gasteiger partial charge in [-0.3, -0.25) is 14.1 Å². The summed E-state index contributed by atoms with van der Waals surface area (Å²) in [6.07, 6.45) is 0. The molecule has 1 aliphatic heterocycles. The predicted octanol–water partition coefficient (Wildman–Crippen LogP) is 8.00. The number of carbonyl (C=O) groups is 2. The number of halogens is 1. The van der Waals surface area contributed by atoms with Crippen molar-refractivity contribution in [3.63, 3.8) is 0 Å². The molecule has 1 aromatic heterocycles. The maximum absolute atomic E-state index is 14.6. The van der Waals surface area contributed by atoms with Crippen LogP contribution in [-0.4, -0.2) is 57.7 Å². The van der Waals surface area contributed by atoms with Crippen molar-refractivity contribution in [2.75, 3.05) is 11.2 Å². The van der Waals surface area contributed by atoms with Gasteiger partial charge in [0.25, 0.3) is 11.8 Å². The summed E-state index contributed by atoms with van der Waals surface area (Å²) in [6, 6.07) is 55.5. The standard InChI is InChI=1S/C47H38ClN5O6S2/c48-31-40-42(44(55)53(40)61(56,57)58)50-43(54)41(52-59-47(36-25-13-4-14-26-36,37-27-15-5-16-28-37)38-29-17-6-18-30-38)39-32-60-45(49-39)51-46(33-19-7-1-8-20-33,34-21-9-2-10-22-34)35-23-11-3-12-24-35/h1-30,32,40,42H,31H2,(H,49,51)(H,50,54)(H,56,57,58). The highest BCUT2D eigenvalue weighted by atomic mass is 35.5. The number of nitrogens with one attached hydrogen (secondary N) is 2. The highest BCUT2D eigenvalue weighted by Crippen LogP contribution is 2.42. The lowest BCUT2D eigenvalue weighted by Gasteiger charge is -2.43. The molecule has 2 amide bonds. The Bertz CT molecular complexity index is 2550. The monoisotopic (exact) mass is 867 g/mol. The molecule has 0 bridgehead atoms. The van der Waals surface area contributed by atoms with Crippen LogP contribution < -0.4 is 10.6 Å². The van der Waals surface area contributed by atoms with Gasteiger partial charge in [-0.05, 0) is 16.7 Å². The molecule has 3 N–H and O–H groups in total. The molecular formula is C47H38ClN5O6S2. The Kier molecular flexibility index (Phi) is 11.8. The molecule has 6 aromatic carbocycles. The molecule has 306 valence electrons. The van der Waals surface area contributed by atoms with Crippen LogP contribution in [0.25, 0.3) is 0 Å². The van der Waals surface area contributed by atoms with Crippen LogP contribution in [0.15, 0.2) is 193 Å². The van der Waals surface area contributed by atoms with Crippen LogP contribution in [0.4, 0.5) is 5.13 Å². The van der Waals surface area contributed by atoms with E-state index in [1.807, 2.05) is 182 Å². The number of aromatic nitrogens is 1. The van der Waals surface area contributed by atoms with Gasteiger partial charge in [0.2, 0.25) is 5.60 Å². The number of β-lactam (4-membered cyclic amide) rings is 1. The minimum absolute atomic E-state index is 0.0944. The zero-order valence-corrected chi connectivity index (χ0v) is 34.7. The van der Waals surface area contributed by atoms with E-state index in [4.69, 9.17) is 21.4 Å². The molecule has 61 heavy (non-hydrogen) atoms. The minimum Gasteiger partial charge on any atom is -0.374 e. The van der Waals surface area contributed by atoms with Gasteiger partial charge in [-0.2, -0.15) is 8.42 Å². The average Bonchev–Trinajstić information content (AvgIpc) is 3.77. The highest BCUT2D eigenvalue weighted by molar-refractivity contribution is 7.84. The van der Waals surface area contributed by atoms with Crippen LogP contribution in [0.2, 0.25) is 0 Å². The first-order valence-electron chi connectivity index (χ1n) is 19.2. The number of hydrogen-bond acceptors (Lipinski definition) is 9. The fourth-order valence-corrected chi connectivity index (χ4v) is 9.73. The fourth-order valence-electron chi connectivity index (χ4n) is 7.70. The Balaban J connectivity index is 1.27. The molecule has 0 spiro atoms. The lowest BCUT2D eigenvalue weighted by molar-refractivity contribution is -0.143. The molecule has 2 unspecified atom stereocenters. The second kappa shape index (κ2) is 17.5. The quantitative estimate of drug-likeness (QED) is 0.0235.